The van der Waals surface area contributed by atoms with Gasteiger partial charge in [0.15, 0.2) is 0 Å². The molecule has 3 aromatic rings. The Kier molecular flexibility index (Phi) is 8.43. The van der Waals surface area contributed by atoms with Gasteiger partial charge in [0.2, 0.25) is 5.91 Å². The third-order valence-corrected chi connectivity index (χ3v) is 9.12. The second kappa shape index (κ2) is 12.6. The minimum absolute atomic E-state index is 0.163. The van der Waals surface area contributed by atoms with Crippen LogP contribution in [0.1, 0.15) is 30.5 Å². The zero-order valence-electron chi connectivity index (χ0n) is 24.7. The second-order valence-corrected chi connectivity index (χ2v) is 11.6. The van der Waals surface area contributed by atoms with Crippen LogP contribution in [-0.4, -0.2) is 90.7 Å². The molecule has 4 heterocycles. The first-order valence-corrected chi connectivity index (χ1v) is 15.2. The number of nitriles is 1. The van der Waals surface area contributed by atoms with Crippen molar-refractivity contribution >= 4 is 28.2 Å². The molecule has 1 aromatic heterocycles. The maximum atomic E-state index is 15.0. The van der Waals surface area contributed by atoms with Crippen LogP contribution in [0.5, 0.6) is 6.01 Å². The molecule has 0 unspecified atom stereocenters. The summed E-state index contributed by atoms with van der Waals surface area (Å²) in [5, 5.41) is 11.0. The number of halogens is 1. The summed E-state index contributed by atoms with van der Waals surface area (Å²) in [5.74, 6) is 0.418. The van der Waals surface area contributed by atoms with Gasteiger partial charge in [-0.15, -0.1) is 0 Å². The molecule has 3 aliphatic rings. The molecule has 43 heavy (non-hydrogen) atoms. The number of hydrogen-bond donors (Lipinski definition) is 0. The normalized spacial score (nSPS) is 20.9. The molecule has 0 aliphatic carbocycles. The van der Waals surface area contributed by atoms with Crippen LogP contribution in [0, 0.1) is 17.1 Å². The average Bonchev–Trinajstić information content (AvgIpc) is 3.31. The highest BCUT2D eigenvalue weighted by Crippen LogP contribution is 2.34. The second-order valence-electron chi connectivity index (χ2n) is 11.6. The Morgan fingerprint density at radius 1 is 1.09 bits per heavy atom. The van der Waals surface area contributed by atoms with Gasteiger partial charge in [-0.05, 0) is 56.4 Å². The molecule has 0 spiro atoms. The van der Waals surface area contributed by atoms with Crippen LogP contribution < -0.4 is 14.5 Å². The lowest BCUT2D eigenvalue weighted by Crippen LogP contribution is -2.55. The van der Waals surface area contributed by atoms with E-state index in [1.807, 2.05) is 24.3 Å². The van der Waals surface area contributed by atoms with E-state index in [1.54, 1.807) is 11.0 Å². The minimum Gasteiger partial charge on any atom is -0.462 e. The van der Waals surface area contributed by atoms with Crippen molar-refractivity contribution in [2.45, 2.75) is 44.2 Å². The van der Waals surface area contributed by atoms with Crippen molar-refractivity contribution in [3.63, 3.8) is 0 Å². The molecule has 0 N–H and O–H groups in total. The number of aromatic nitrogens is 2. The fourth-order valence-electron chi connectivity index (χ4n) is 6.76. The number of anilines is 2. The summed E-state index contributed by atoms with van der Waals surface area (Å²) in [6.07, 6.45) is 5.11. The number of ether oxygens (including phenoxy) is 1. The molecule has 2 saturated heterocycles. The molecule has 6 rings (SSSR count). The number of rotatable bonds is 7. The molecule has 1 amide bonds. The van der Waals surface area contributed by atoms with Gasteiger partial charge in [0.05, 0.1) is 24.2 Å². The monoisotopic (exact) mass is 583 g/mol. The number of hydrogen-bond acceptors (Lipinski definition) is 8. The molecule has 224 valence electrons. The minimum atomic E-state index is -0.271. The predicted octanol–water partition coefficient (Wildman–Crippen LogP) is 3.96. The van der Waals surface area contributed by atoms with Crippen molar-refractivity contribution in [1.29, 1.82) is 5.26 Å². The molecule has 2 fully saturated rings. The van der Waals surface area contributed by atoms with Crippen molar-refractivity contribution in [1.82, 2.24) is 19.8 Å². The number of nitrogens with zero attached hydrogens (tertiary/aromatic N) is 7. The van der Waals surface area contributed by atoms with Gasteiger partial charge >= 0.3 is 6.01 Å². The molecule has 0 saturated carbocycles. The molecular formula is C33H38FN7O2. The first kappa shape index (κ1) is 28.9. The van der Waals surface area contributed by atoms with E-state index in [2.05, 4.69) is 34.4 Å². The quantitative estimate of drug-likeness (QED) is 0.387. The van der Waals surface area contributed by atoms with Crippen LogP contribution in [0.2, 0.25) is 0 Å². The Hall–Kier alpha value is -4.23. The number of amides is 1. The highest BCUT2D eigenvalue weighted by atomic mass is 19.1. The average molecular weight is 584 g/mol. The van der Waals surface area contributed by atoms with E-state index in [4.69, 9.17) is 14.7 Å². The predicted molar refractivity (Wildman–Crippen MR) is 165 cm³/mol. The Balaban J connectivity index is 1.32. The van der Waals surface area contributed by atoms with Crippen LogP contribution in [-0.2, 0) is 17.6 Å². The SMILES string of the molecule is C=CC(=O)N1CCN(c2nc(OC[C@@H]3CCCN3C)nc3c2CCN(c2cccc4cccc(F)c24)CC3)C[C@@H]1CC#N. The van der Waals surface area contributed by atoms with Gasteiger partial charge in [0, 0.05) is 61.8 Å². The number of carbonyl (C=O) groups excluding carboxylic acids is 1. The van der Waals surface area contributed by atoms with Gasteiger partial charge in [0.1, 0.15) is 18.2 Å². The lowest BCUT2D eigenvalue weighted by atomic mass is 10.1. The van der Waals surface area contributed by atoms with Crippen molar-refractivity contribution in [2.24, 2.45) is 0 Å². The number of benzene rings is 2. The zero-order valence-corrected chi connectivity index (χ0v) is 24.7. The van der Waals surface area contributed by atoms with Crippen LogP contribution in [0.3, 0.4) is 0 Å². The van der Waals surface area contributed by atoms with Gasteiger partial charge < -0.3 is 24.3 Å². The lowest BCUT2D eigenvalue weighted by molar-refractivity contribution is -0.128. The van der Waals surface area contributed by atoms with Crippen molar-refractivity contribution in [2.75, 3.05) is 62.7 Å². The Labute approximate surface area is 252 Å². The summed E-state index contributed by atoms with van der Waals surface area (Å²) in [6, 6.07) is 13.8. The smallest absolute Gasteiger partial charge is 0.318 e. The number of carbonyl (C=O) groups is 1. The van der Waals surface area contributed by atoms with Crippen molar-refractivity contribution < 1.29 is 13.9 Å². The van der Waals surface area contributed by atoms with Crippen LogP contribution in [0.4, 0.5) is 15.9 Å². The Bertz CT molecular complexity index is 1550. The summed E-state index contributed by atoms with van der Waals surface area (Å²) in [5.41, 5.74) is 2.86. The van der Waals surface area contributed by atoms with Gasteiger partial charge in [-0.1, -0.05) is 30.8 Å². The van der Waals surface area contributed by atoms with Crippen molar-refractivity contribution in [3.05, 3.63) is 66.1 Å². The van der Waals surface area contributed by atoms with Crippen LogP contribution in [0.15, 0.2) is 49.1 Å². The van der Waals surface area contributed by atoms with E-state index in [0.29, 0.717) is 69.6 Å². The molecule has 3 aliphatic heterocycles. The highest BCUT2D eigenvalue weighted by Gasteiger charge is 2.33. The molecule has 9 nitrogen and oxygen atoms in total. The first-order chi connectivity index (χ1) is 21.0. The van der Waals surface area contributed by atoms with E-state index in [1.165, 1.54) is 12.1 Å². The molecule has 2 aromatic carbocycles. The fraction of sp³-hybridized carbons (Fsp3) is 0.455. The number of fused-ring (bicyclic) bond motifs is 2. The van der Waals surface area contributed by atoms with Crippen molar-refractivity contribution in [3.8, 4) is 12.1 Å². The first-order valence-electron chi connectivity index (χ1n) is 15.2. The summed E-state index contributed by atoms with van der Waals surface area (Å²) >= 11 is 0. The Morgan fingerprint density at radius 3 is 2.67 bits per heavy atom. The highest BCUT2D eigenvalue weighted by molar-refractivity contribution is 5.95. The summed E-state index contributed by atoms with van der Waals surface area (Å²) in [7, 11) is 2.12. The largest absolute Gasteiger partial charge is 0.462 e. The third kappa shape index (κ3) is 5.87. The third-order valence-electron chi connectivity index (χ3n) is 9.12. The number of likely N-dealkylation sites (tertiary alicyclic amines) is 1. The van der Waals surface area contributed by atoms with Gasteiger partial charge in [-0.3, -0.25) is 4.79 Å². The van der Waals surface area contributed by atoms with E-state index >= 15 is 4.39 Å². The van der Waals surface area contributed by atoms with E-state index in [-0.39, 0.29) is 24.2 Å². The molecule has 2 atom stereocenters. The maximum absolute atomic E-state index is 15.0. The van der Waals surface area contributed by atoms with Crippen LogP contribution in [0.25, 0.3) is 10.8 Å². The molecule has 0 radical (unpaired) electrons. The van der Waals surface area contributed by atoms with E-state index in [9.17, 15) is 10.1 Å². The van der Waals surface area contributed by atoms with Crippen LogP contribution >= 0.6 is 0 Å². The van der Waals surface area contributed by atoms with E-state index < -0.39 is 0 Å². The number of piperazine rings is 1. The molecule has 0 bridgehead atoms. The Morgan fingerprint density at radius 2 is 1.91 bits per heavy atom. The molecular weight excluding hydrogens is 545 g/mol. The summed E-state index contributed by atoms with van der Waals surface area (Å²) < 4.78 is 21.3. The van der Waals surface area contributed by atoms with Gasteiger partial charge in [-0.2, -0.15) is 15.2 Å². The lowest BCUT2D eigenvalue weighted by Gasteiger charge is -2.41. The molecule has 10 heteroatoms. The maximum Gasteiger partial charge on any atom is 0.318 e. The van der Waals surface area contributed by atoms with Gasteiger partial charge in [-0.25, -0.2) is 4.39 Å². The van der Waals surface area contributed by atoms with E-state index in [0.717, 1.165) is 47.5 Å². The fourth-order valence-corrected chi connectivity index (χ4v) is 6.76. The topological polar surface area (TPSA) is 88.8 Å². The summed E-state index contributed by atoms with van der Waals surface area (Å²) in [4.78, 5) is 30.9. The number of likely N-dealkylation sites (N-methyl/N-ethyl adjacent to an activating group) is 1. The van der Waals surface area contributed by atoms with Gasteiger partial charge in [0.25, 0.3) is 0 Å². The zero-order chi connectivity index (χ0) is 29.9. The summed E-state index contributed by atoms with van der Waals surface area (Å²) in [6.45, 7) is 8.12. The standard InChI is InChI=1S/C33H38FN7O2/c1-3-30(42)41-20-19-40(21-24(41)12-15-35)32-26-13-17-39(29-11-5-8-23-7-4-10-27(34)31(23)29)18-14-28(26)36-33(37-32)43-22-25-9-6-16-38(25)2/h3-5,7-8,10-11,24-25H,1,6,9,12-14,16-22H2,2H3/t24-,25-/m0/s1.